The van der Waals surface area contributed by atoms with Crippen LogP contribution in [0.25, 0.3) is 0 Å². The minimum Gasteiger partial charge on any atom is -1.00 e. The quantitative estimate of drug-likeness (QED) is 0.289. The molecule has 0 aliphatic heterocycles. The first-order chi connectivity index (χ1) is 3.30. The molecule has 11 heavy (non-hydrogen) atoms. The Hall–Kier alpha value is 1.26. The van der Waals surface area contributed by atoms with Crippen LogP contribution in [0.15, 0.2) is 17.2 Å². The molecular weight excluding hydrogens is 399 g/mol. The summed E-state index contributed by atoms with van der Waals surface area (Å²) in [5.74, 6) is 0. The van der Waals surface area contributed by atoms with Gasteiger partial charge in [0.05, 0.1) is 0 Å². The predicted octanol–water partition coefficient (Wildman–Crippen LogP) is -3.28. The third-order valence-electron chi connectivity index (χ3n) is 1.37. The molecule has 1 aliphatic rings. The number of rotatable bonds is 0. The van der Waals surface area contributed by atoms with Crippen LogP contribution in [0.2, 0.25) is 0 Å². The third-order valence-corrected chi connectivity index (χ3v) is 1.37. The van der Waals surface area contributed by atoms with E-state index in [0.29, 0.717) is 0 Å². The maximum atomic E-state index is 3.19. The van der Waals surface area contributed by atoms with Crippen LogP contribution < -0.4 is 17.0 Å². The van der Waals surface area contributed by atoms with Gasteiger partial charge in [-0.25, -0.2) is 11.1 Å². The van der Waals surface area contributed by atoms with Crippen molar-refractivity contribution in [1.29, 1.82) is 0 Å². The van der Waals surface area contributed by atoms with E-state index in [1.54, 1.807) is 0 Å². The van der Waals surface area contributed by atoms with Crippen molar-refractivity contribution in [2.24, 2.45) is 0 Å². The fourth-order valence-electron chi connectivity index (χ4n) is 0.650. The maximum Gasteiger partial charge on any atom is 0 e. The van der Waals surface area contributed by atoms with E-state index in [0.717, 1.165) is 6.42 Å². The van der Waals surface area contributed by atoms with E-state index in [2.05, 4.69) is 26.0 Å². The molecule has 64 valence electrons. The van der Waals surface area contributed by atoms with Gasteiger partial charge in [0.15, 0.2) is 0 Å². The van der Waals surface area contributed by atoms with Crippen molar-refractivity contribution in [3.05, 3.63) is 23.3 Å². The molecule has 1 rings (SSSR count). The number of allylic oxidation sites excluding steroid dienone is 4. The van der Waals surface area contributed by atoms with Crippen LogP contribution in [0, 0.1) is 6.08 Å². The Bertz CT molecular complexity index is 127. The first kappa shape index (κ1) is 22.8. The first-order valence-corrected chi connectivity index (χ1v) is 2.55. The van der Waals surface area contributed by atoms with Crippen molar-refractivity contribution in [1.82, 2.24) is 0 Å². The molecule has 0 aromatic carbocycles. The van der Waals surface area contributed by atoms with Gasteiger partial charge >= 0.3 is 0 Å². The largest absolute Gasteiger partial charge is 1.00 e. The normalized spacial score (nSPS) is 12.2. The van der Waals surface area contributed by atoms with Crippen molar-refractivity contribution < 1.29 is 42.8 Å². The van der Waals surface area contributed by atoms with Gasteiger partial charge in [-0.05, 0) is 21.9 Å². The summed E-state index contributed by atoms with van der Waals surface area (Å²) in [7, 11) is 0. The third kappa shape index (κ3) is 7.62. The molecule has 0 spiro atoms. The molecule has 0 aromatic heterocycles. The Morgan fingerprint density at radius 1 is 1.27 bits per heavy atom. The summed E-state index contributed by atoms with van der Waals surface area (Å²) in [6.45, 7) is 4.22. The minimum atomic E-state index is 0. The standard InChI is InChI=1S/C7H9.BrH.Hf.2H3Si/c1-6-4-3-5-7(6)2;;;;/h4H,3H2,1-2H3;1H;;2*1H3/q-1;;;;/p-1. The molecule has 0 aromatic rings. The smallest absolute Gasteiger partial charge is 0 e. The Kier molecular flexibility index (Phi) is 23.3. The van der Waals surface area contributed by atoms with Crippen molar-refractivity contribution in [3.8, 4) is 0 Å². The van der Waals surface area contributed by atoms with Crippen LogP contribution in [0.5, 0.6) is 0 Å². The molecule has 0 fully saturated rings. The van der Waals surface area contributed by atoms with E-state index in [1.807, 2.05) is 0 Å². The molecule has 0 heterocycles. The second-order valence-corrected chi connectivity index (χ2v) is 1.89. The van der Waals surface area contributed by atoms with Crippen LogP contribution in [0.4, 0.5) is 0 Å². The Labute approximate surface area is 108 Å². The Morgan fingerprint density at radius 3 is 1.82 bits per heavy atom. The van der Waals surface area contributed by atoms with Crippen LogP contribution >= 0.6 is 0 Å². The molecule has 0 N–H and O–H groups in total. The van der Waals surface area contributed by atoms with Crippen molar-refractivity contribution in [2.75, 3.05) is 0 Å². The summed E-state index contributed by atoms with van der Waals surface area (Å²) in [5, 5.41) is 0. The molecule has 0 nitrogen and oxygen atoms in total. The number of hydrogen-bond donors (Lipinski definition) is 0. The van der Waals surface area contributed by atoms with Crippen molar-refractivity contribution in [2.45, 2.75) is 20.3 Å². The topological polar surface area (TPSA) is 0 Å². The van der Waals surface area contributed by atoms with Gasteiger partial charge in [0.25, 0.3) is 0 Å². The van der Waals surface area contributed by atoms with Crippen molar-refractivity contribution in [3.63, 3.8) is 0 Å². The minimum absolute atomic E-state index is 0. The Balaban J connectivity index is -0.0000000612. The molecule has 0 saturated carbocycles. The van der Waals surface area contributed by atoms with E-state index < -0.39 is 0 Å². The predicted molar refractivity (Wildman–Crippen MR) is 50.7 cm³/mol. The van der Waals surface area contributed by atoms with Gasteiger partial charge in [-0.3, -0.25) is 6.08 Å². The molecule has 0 atom stereocenters. The molecule has 0 bridgehead atoms. The van der Waals surface area contributed by atoms with E-state index in [1.165, 1.54) is 11.1 Å². The van der Waals surface area contributed by atoms with Crippen LogP contribution in [0.1, 0.15) is 20.3 Å². The molecular formula is C7H15BrHfSi2-2. The zero-order chi connectivity index (χ0) is 5.28. The van der Waals surface area contributed by atoms with Gasteiger partial charge in [-0.15, -0.1) is 13.3 Å². The molecule has 2 radical (unpaired) electrons. The van der Waals surface area contributed by atoms with E-state index in [9.17, 15) is 0 Å². The van der Waals surface area contributed by atoms with E-state index in [-0.39, 0.29) is 64.8 Å². The van der Waals surface area contributed by atoms with Crippen LogP contribution in [-0.4, -0.2) is 21.9 Å². The van der Waals surface area contributed by atoms with Crippen molar-refractivity contribution >= 4 is 21.9 Å². The second kappa shape index (κ2) is 11.3. The summed E-state index contributed by atoms with van der Waals surface area (Å²) >= 11 is 0. The number of hydrogen-bond acceptors (Lipinski definition) is 0. The molecule has 0 saturated heterocycles. The number of halogens is 1. The van der Waals surface area contributed by atoms with Gasteiger partial charge in [-0.2, -0.15) is 6.08 Å². The first-order valence-electron chi connectivity index (χ1n) is 2.55. The van der Waals surface area contributed by atoms with E-state index in [4.69, 9.17) is 0 Å². The fourth-order valence-corrected chi connectivity index (χ4v) is 0.650. The summed E-state index contributed by atoms with van der Waals surface area (Å²) in [4.78, 5) is 0. The summed E-state index contributed by atoms with van der Waals surface area (Å²) < 4.78 is 0. The van der Waals surface area contributed by atoms with Gasteiger partial charge < -0.3 is 17.0 Å². The zero-order valence-corrected chi connectivity index (χ0v) is 16.8. The average molecular weight is 414 g/mol. The molecule has 4 heteroatoms. The second-order valence-electron chi connectivity index (χ2n) is 1.89. The van der Waals surface area contributed by atoms with Gasteiger partial charge in [-0.1, -0.05) is 6.92 Å². The zero-order valence-electron chi connectivity index (χ0n) is 7.66. The van der Waals surface area contributed by atoms with Gasteiger partial charge in [0.1, 0.15) is 0 Å². The van der Waals surface area contributed by atoms with E-state index >= 15 is 0 Å². The maximum absolute atomic E-state index is 3.19. The fraction of sp³-hybridized carbons (Fsp3) is 0.429. The summed E-state index contributed by atoms with van der Waals surface area (Å²) in [6, 6.07) is 0. The average Bonchev–Trinajstić information content (AvgIpc) is 1.91. The monoisotopic (exact) mass is 414 g/mol. The molecule has 0 amide bonds. The molecule has 0 unspecified atom stereocenters. The van der Waals surface area contributed by atoms with Crippen LogP contribution in [0.3, 0.4) is 0 Å². The summed E-state index contributed by atoms with van der Waals surface area (Å²) in [6.07, 6.45) is 6.41. The van der Waals surface area contributed by atoms with Crippen LogP contribution in [-0.2, 0) is 25.8 Å². The Morgan fingerprint density at radius 2 is 1.73 bits per heavy atom. The molecule has 1 aliphatic carbocycles. The summed E-state index contributed by atoms with van der Waals surface area (Å²) in [5.41, 5.74) is 2.71. The van der Waals surface area contributed by atoms with Gasteiger partial charge in [0, 0.05) is 25.8 Å². The SMILES string of the molecule is CC1=[C-]CC=C1C.[Br-].[Hf].[SiH3].[SiH3]. The van der Waals surface area contributed by atoms with Gasteiger partial charge in [0.2, 0.25) is 0 Å².